The molecule has 0 radical (unpaired) electrons. The first kappa shape index (κ1) is 15.0. The number of benzene rings is 1. The summed E-state index contributed by atoms with van der Waals surface area (Å²) in [6.45, 7) is 2.02. The van der Waals surface area contributed by atoms with Crippen molar-refractivity contribution in [2.75, 3.05) is 7.11 Å². The van der Waals surface area contributed by atoms with Crippen LogP contribution >= 0.6 is 0 Å². The van der Waals surface area contributed by atoms with Crippen molar-refractivity contribution in [3.8, 4) is 0 Å². The predicted octanol–water partition coefficient (Wildman–Crippen LogP) is 1.01. The van der Waals surface area contributed by atoms with E-state index in [1.807, 2.05) is 25.1 Å². The van der Waals surface area contributed by atoms with Crippen molar-refractivity contribution in [3.63, 3.8) is 0 Å². The summed E-state index contributed by atoms with van der Waals surface area (Å²) in [5, 5.41) is 0. The lowest BCUT2D eigenvalue weighted by atomic mass is 10.1. The van der Waals surface area contributed by atoms with Gasteiger partial charge in [0.1, 0.15) is 0 Å². The van der Waals surface area contributed by atoms with Gasteiger partial charge in [-0.25, -0.2) is 0 Å². The standard InChI is InChI=1S/C9H13N.CH4O4S/c1-8(10)7-9-5-3-2-4-6-9;1-5-6(2,3)4/h2-6,8H,7,10H2,1H3;1H3,(H,2,3,4). The van der Waals surface area contributed by atoms with E-state index in [2.05, 4.69) is 16.3 Å². The van der Waals surface area contributed by atoms with Crippen LogP contribution in [-0.2, 0) is 21.0 Å². The van der Waals surface area contributed by atoms with Gasteiger partial charge in [-0.3, -0.25) is 8.74 Å². The number of nitrogens with two attached hydrogens (primary N) is 1. The minimum atomic E-state index is -4.16. The second-order valence-electron chi connectivity index (χ2n) is 3.26. The van der Waals surface area contributed by atoms with Gasteiger partial charge in [0.25, 0.3) is 0 Å². The van der Waals surface area contributed by atoms with Crippen molar-refractivity contribution in [2.24, 2.45) is 5.73 Å². The van der Waals surface area contributed by atoms with Gasteiger partial charge in [0.2, 0.25) is 0 Å². The molecular weight excluding hydrogens is 230 g/mol. The average Bonchev–Trinajstić information content (AvgIpc) is 2.18. The maximum Gasteiger partial charge on any atom is 0.397 e. The van der Waals surface area contributed by atoms with E-state index in [0.29, 0.717) is 0 Å². The van der Waals surface area contributed by atoms with Gasteiger partial charge in [-0.1, -0.05) is 30.3 Å². The Labute approximate surface area is 96.2 Å². The topological polar surface area (TPSA) is 89.6 Å². The summed E-state index contributed by atoms with van der Waals surface area (Å²) in [7, 11) is -3.29. The highest BCUT2D eigenvalue weighted by Gasteiger charge is 1.94. The minimum absolute atomic E-state index is 0.266. The molecule has 1 atom stereocenters. The number of hydrogen-bond acceptors (Lipinski definition) is 4. The second kappa shape index (κ2) is 7.34. The van der Waals surface area contributed by atoms with Crippen LogP contribution in [0.2, 0.25) is 0 Å². The minimum Gasteiger partial charge on any atom is -0.328 e. The first-order chi connectivity index (χ1) is 7.35. The molecule has 3 N–H and O–H groups in total. The van der Waals surface area contributed by atoms with Crippen molar-refractivity contribution in [1.82, 2.24) is 0 Å². The van der Waals surface area contributed by atoms with E-state index in [-0.39, 0.29) is 6.04 Å². The van der Waals surface area contributed by atoms with E-state index in [4.69, 9.17) is 10.3 Å². The number of rotatable bonds is 3. The van der Waals surface area contributed by atoms with Crippen LogP contribution in [0.15, 0.2) is 30.3 Å². The molecule has 0 fully saturated rings. The van der Waals surface area contributed by atoms with Crippen LogP contribution in [-0.4, -0.2) is 26.1 Å². The largest absolute Gasteiger partial charge is 0.397 e. The normalized spacial score (nSPS) is 12.5. The van der Waals surface area contributed by atoms with Crippen LogP contribution in [0.4, 0.5) is 0 Å². The monoisotopic (exact) mass is 247 g/mol. The van der Waals surface area contributed by atoms with Crippen LogP contribution in [0.1, 0.15) is 12.5 Å². The third-order valence-corrected chi connectivity index (χ3v) is 2.03. The fourth-order valence-electron chi connectivity index (χ4n) is 0.986. The van der Waals surface area contributed by atoms with E-state index in [9.17, 15) is 8.42 Å². The SMILES string of the molecule is CC(N)Cc1ccccc1.COS(=O)(=O)O. The van der Waals surface area contributed by atoms with E-state index in [0.717, 1.165) is 13.5 Å². The predicted molar refractivity (Wildman–Crippen MR) is 62.4 cm³/mol. The van der Waals surface area contributed by atoms with E-state index < -0.39 is 10.4 Å². The molecule has 92 valence electrons. The van der Waals surface area contributed by atoms with E-state index in [1.165, 1.54) is 5.56 Å². The van der Waals surface area contributed by atoms with Gasteiger partial charge >= 0.3 is 10.4 Å². The molecule has 1 unspecified atom stereocenters. The maximum absolute atomic E-state index is 9.33. The maximum atomic E-state index is 9.33. The van der Waals surface area contributed by atoms with Crippen molar-refractivity contribution >= 4 is 10.4 Å². The Hall–Kier alpha value is -0.950. The summed E-state index contributed by atoms with van der Waals surface area (Å²) in [4.78, 5) is 0. The summed E-state index contributed by atoms with van der Waals surface area (Å²) in [5.74, 6) is 0. The highest BCUT2D eigenvalue weighted by molar-refractivity contribution is 7.80. The summed E-state index contributed by atoms with van der Waals surface area (Å²) in [6.07, 6.45) is 0.973. The Morgan fingerprint density at radius 1 is 1.38 bits per heavy atom. The average molecular weight is 247 g/mol. The molecule has 1 rings (SSSR count). The van der Waals surface area contributed by atoms with E-state index >= 15 is 0 Å². The summed E-state index contributed by atoms with van der Waals surface area (Å²) < 4.78 is 29.7. The molecule has 6 heteroatoms. The molecule has 0 saturated carbocycles. The van der Waals surface area contributed by atoms with Gasteiger partial charge in [-0.2, -0.15) is 8.42 Å². The van der Waals surface area contributed by atoms with Crippen molar-refractivity contribution in [3.05, 3.63) is 35.9 Å². The fourth-order valence-corrected chi connectivity index (χ4v) is 0.986. The van der Waals surface area contributed by atoms with Crippen LogP contribution in [0.3, 0.4) is 0 Å². The van der Waals surface area contributed by atoms with Crippen molar-refractivity contribution < 1.29 is 17.2 Å². The summed E-state index contributed by atoms with van der Waals surface area (Å²) >= 11 is 0. The Kier molecular flexibility index (Phi) is 6.91. The smallest absolute Gasteiger partial charge is 0.328 e. The molecule has 0 aliphatic heterocycles. The molecule has 16 heavy (non-hydrogen) atoms. The highest BCUT2D eigenvalue weighted by Crippen LogP contribution is 2.00. The Morgan fingerprint density at radius 2 is 1.81 bits per heavy atom. The zero-order chi connectivity index (χ0) is 12.6. The van der Waals surface area contributed by atoms with Crippen molar-refractivity contribution in [2.45, 2.75) is 19.4 Å². The first-order valence-corrected chi connectivity index (χ1v) is 6.04. The van der Waals surface area contributed by atoms with E-state index in [1.54, 1.807) is 0 Å². The molecule has 1 aromatic rings. The molecule has 0 spiro atoms. The fraction of sp³-hybridized carbons (Fsp3) is 0.400. The molecule has 0 heterocycles. The summed E-state index contributed by atoms with van der Waals surface area (Å²) in [6, 6.07) is 10.6. The zero-order valence-corrected chi connectivity index (χ0v) is 10.1. The Balaban J connectivity index is 0.000000325. The molecule has 0 aromatic heterocycles. The quantitative estimate of drug-likeness (QED) is 0.778. The van der Waals surface area contributed by atoms with Gasteiger partial charge in [-0.15, -0.1) is 0 Å². The third kappa shape index (κ3) is 9.60. The zero-order valence-electron chi connectivity index (χ0n) is 9.33. The van der Waals surface area contributed by atoms with Crippen molar-refractivity contribution in [1.29, 1.82) is 0 Å². The molecular formula is C10H17NO4S. The first-order valence-electron chi connectivity index (χ1n) is 4.67. The molecule has 0 aliphatic rings. The molecule has 0 saturated heterocycles. The lowest BCUT2D eigenvalue weighted by molar-refractivity contribution is 0.324. The lowest BCUT2D eigenvalue weighted by Gasteiger charge is -2.02. The van der Waals surface area contributed by atoms with Gasteiger partial charge in [0.05, 0.1) is 7.11 Å². The molecule has 0 aliphatic carbocycles. The van der Waals surface area contributed by atoms with Gasteiger partial charge in [-0.05, 0) is 18.9 Å². The lowest BCUT2D eigenvalue weighted by Crippen LogP contribution is -2.17. The van der Waals surface area contributed by atoms with Crippen LogP contribution in [0, 0.1) is 0 Å². The van der Waals surface area contributed by atoms with Crippen LogP contribution in [0.25, 0.3) is 0 Å². The second-order valence-corrected chi connectivity index (χ2v) is 4.45. The molecule has 0 bridgehead atoms. The van der Waals surface area contributed by atoms with Gasteiger partial charge in [0, 0.05) is 6.04 Å². The highest BCUT2D eigenvalue weighted by atomic mass is 32.3. The van der Waals surface area contributed by atoms with Gasteiger partial charge < -0.3 is 5.73 Å². The summed E-state index contributed by atoms with van der Waals surface area (Å²) in [5.41, 5.74) is 6.94. The Morgan fingerprint density at radius 3 is 2.12 bits per heavy atom. The molecule has 0 amide bonds. The molecule has 5 nitrogen and oxygen atoms in total. The Bertz CT molecular complexity index is 375. The van der Waals surface area contributed by atoms with Crippen LogP contribution in [0.5, 0.6) is 0 Å². The third-order valence-electron chi connectivity index (χ3n) is 1.61. The number of hydrogen-bond donors (Lipinski definition) is 2. The molecule has 1 aromatic carbocycles. The van der Waals surface area contributed by atoms with Crippen LogP contribution < -0.4 is 5.73 Å². The van der Waals surface area contributed by atoms with Gasteiger partial charge in [0.15, 0.2) is 0 Å².